The molecule has 0 atom stereocenters. The summed E-state index contributed by atoms with van der Waals surface area (Å²) in [5.41, 5.74) is 7.15. The molecule has 3 aliphatic rings. The van der Waals surface area contributed by atoms with E-state index in [4.69, 9.17) is 5.73 Å². The molecule has 2 bridgehead atoms. The lowest BCUT2D eigenvalue weighted by Crippen LogP contribution is -2.42. The molecule has 0 aromatic heterocycles. The highest BCUT2D eigenvalue weighted by Crippen LogP contribution is 2.59. The summed E-state index contributed by atoms with van der Waals surface area (Å²) < 4.78 is 0. The summed E-state index contributed by atoms with van der Waals surface area (Å²) in [4.78, 5) is 0. The fraction of sp³-hybridized carbons (Fsp3) is 1.00. The molecule has 0 aromatic carbocycles. The Kier molecular flexibility index (Phi) is 2.39. The maximum Gasteiger partial charge on any atom is -0.00720 e. The molecule has 0 heterocycles. The van der Waals surface area contributed by atoms with Crippen molar-refractivity contribution in [3.8, 4) is 0 Å². The molecule has 1 heteroatoms. The average molecular weight is 181 g/mol. The van der Waals surface area contributed by atoms with E-state index in [2.05, 4.69) is 6.92 Å². The highest BCUT2D eigenvalue weighted by molar-refractivity contribution is 4.98. The zero-order valence-corrected chi connectivity index (χ0v) is 8.94. The zero-order chi connectivity index (χ0) is 9.36. The van der Waals surface area contributed by atoms with E-state index in [9.17, 15) is 0 Å². The molecular formula is C12H23N. The standard InChI is InChI=1S/C12H23N/c1-2-11-3-6-12(7-4-11,8-5-11)9-10-13/h2-10,13H2,1H3. The van der Waals surface area contributed by atoms with E-state index < -0.39 is 0 Å². The molecule has 3 aliphatic carbocycles. The Morgan fingerprint density at radius 3 is 1.77 bits per heavy atom. The van der Waals surface area contributed by atoms with Crippen LogP contribution in [-0.4, -0.2) is 6.54 Å². The van der Waals surface area contributed by atoms with Crippen molar-refractivity contribution in [3.63, 3.8) is 0 Å². The van der Waals surface area contributed by atoms with Crippen LogP contribution in [0.2, 0.25) is 0 Å². The van der Waals surface area contributed by atoms with Gasteiger partial charge in [-0.1, -0.05) is 13.3 Å². The second-order valence-corrected chi connectivity index (χ2v) is 5.39. The number of hydrogen-bond donors (Lipinski definition) is 1. The quantitative estimate of drug-likeness (QED) is 0.711. The van der Waals surface area contributed by atoms with Gasteiger partial charge in [0.2, 0.25) is 0 Å². The lowest BCUT2D eigenvalue weighted by atomic mass is 9.52. The van der Waals surface area contributed by atoms with E-state index in [1.54, 1.807) is 0 Å². The van der Waals surface area contributed by atoms with Crippen LogP contribution < -0.4 is 5.73 Å². The molecule has 76 valence electrons. The Hall–Kier alpha value is -0.0400. The van der Waals surface area contributed by atoms with Crippen molar-refractivity contribution in [3.05, 3.63) is 0 Å². The van der Waals surface area contributed by atoms with Crippen LogP contribution in [0.1, 0.15) is 58.3 Å². The van der Waals surface area contributed by atoms with Crippen molar-refractivity contribution in [2.45, 2.75) is 58.3 Å². The van der Waals surface area contributed by atoms with Gasteiger partial charge in [-0.15, -0.1) is 0 Å². The minimum Gasteiger partial charge on any atom is -0.330 e. The topological polar surface area (TPSA) is 26.0 Å². The van der Waals surface area contributed by atoms with Gasteiger partial charge in [0.1, 0.15) is 0 Å². The molecule has 0 amide bonds. The number of rotatable bonds is 3. The molecule has 1 nitrogen and oxygen atoms in total. The van der Waals surface area contributed by atoms with Crippen molar-refractivity contribution >= 4 is 0 Å². The van der Waals surface area contributed by atoms with Crippen LogP contribution in [0.25, 0.3) is 0 Å². The van der Waals surface area contributed by atoms with Crippen LogP contribution in [0.3, 0.4) is 0 Å². The third kappa shape index (κ3) is 1.52. The second-order valence-electron chi connectivity index (χ2n) is 5.39. The lowest BCUT2D eigenvalue weighted by molar-refractivity contribution is -0.0148. The Morgan fingerprint density at radius 1 is 0.923 bits per heavy atom. The highest BCUT2D eigenvalue weighted by atomic mass is 14.6. The molecule has 0 spiro atoms. The van der Waals surface area contributed by atoms with Gasteiger partial charge in [0.25, 0.3) is 0 Å². The summed E-state index contributed by atoms with van der Waals surface area (Å²) in [5, 5.41) is 0. The fourth-order valence-corrected chi connectivity index (χ4v) is 3.55. The van der Waals surface area contributed by atoms with Crippen LogP contribution in [-0.2, 0) is 0 Å². The molecule has 0 saturated heterocycles. The normalized spacial score (nSPS) is 43.8. The molecule has 13 heavy (non-hydrogen) atoms. The predicted octanol–water partition coefficient (Wildman–Crippen LogP) is 3.09. The average Bonchev–Trinajstić information content (AvgIpc) is 2.21. The Labute approximate surface area is 82.1 Å². The van der Waals surface area contributed by atoms with Crippen molar-refractivity contribution in [2.75, 3.05) is 6.54 Å². The Bertz CT molecular complexity index is 161. The first kappa shape index (κ1) is 9.51. The third-order valence-corrected chi connectivity index (χ3v) is 4.98. The minimum atomic E-state index is 0.686. The molecule has 3 fully saturated rings. The largest absolute Gasteiger partial charge is 0.330 e. The van der Waals surface area contributed by atoms with E-state index >= 15 is 0 Å². The Balaban J connectivity index is 2.03. The smallest absolute Gasteiger partial charge is 0.00720 e. The number of hydrogen-bond acceptors (Lipinski definition) is 1. The first-order chi connectivity index (χ1) is 6.24. The molecule has 0 radical (unpaired) electrons. The number of fused-ring (bicyclic) bond motifs is 3. The summed E-state index contributed by atoms with van der Waals surface area (Å²) in [6.07, 6.45) is 11.6. The molecule has 3 saturated carbocycles. The molecule has 0 aliphatic heterocycles. The lowest BCUT2D eigenvalue weighted by Gasteiger charge is -2.53. The van der Waals surface area contributed by atoms with Gasteiger partial charge in [0.15, 0.2) is 0 Å². The molecular weight excluding hydrogens is 158 g/mol. The van der Waals surface area contributed by atoms with Crippen LogP contribution in [0.5, 0.6) is 0 Å². The molecule has 0 aromatic rings. The van der Waals surface area contributed by atoms with Gasteiger partial charge in [-0.3, -0.25) is 0 Å². The summed E-state index contributed by atoms with van der Waals surface area (Å²) >= 11 is 0. The molecule has 2 N–H and O–H groups in total. The van der Waals surface area contributed by atoms with Gasteiger partial charge in [0.05, 0.1) is 0 Å². The monoisotopic (exact) mass is 181 g/mol. The first-order valence-electron chi connectivity index (χ1n) is 5.94. The maximum atomic E-state index is 5.70. The molecule has 3 rings (SSSR count). The zero-order valence-electron chi connectivity index (χ0n) is 8.94. The van der Waals surface area contributed by atoms with Crippen LogP contribution in [0.4, 0.5) is 0 Å². The maximum absolute atomic E-state index is 5.70. The second kappa shape index (κ2) is 3.27. The van der Waals surface area contributed by atoms with E-state index in [0.29, 0.717) is 5.41 Å². The summed E-state index contributed by atoms with van der Waals surface area (Å²) in [7, 11) is 0. The van der Waals surface area contributed by atoms with Gasteiger partial charge in [0, 0.05) is 0 Å². The Morgan fingerprint density at radius 2 is 1.38 bits per heavy atom. The summed E-state index contributed by atoms with van der Waals surface area (Å²) in [5.74, 6) is 0. The highest BCUT2D eigenvalue weighted by Gasteiger charge is 2.46. The van der Waals surface area contributed by atoms with Crippen LogP contribution >= 0.6 is 0 Å². The third-order valence-electron chi connectivity index (χ3n) is 4.98. The number of nitrogens with two attached hydrogens (primary N) is 1. The van der Waals surface area contributed by atoms with Crippen molar-refractivity contribution in [1.82, 2.24) is 0 Å². The summed E-state index contributed by atoms with van der Waals surface area (Å²) in [6.45, 7) is 3.28. The van der Waals surface area contributed by atoms with Gasteiger partial charge in [-0.05, 0) is 62.3 Å². The van der Waals surface area contributed by atoms with Crippen molar-refractivity contribution in [2.24, 2.45) is 16.6 Å². The fourth-order valence-electron chi connectivity index (χ4n) is 3.55. The van der Waals surface area contributed by atoms with Gasteiger partial charge < -0.3 is 5.73 Å². The van der Waals surface area contributed by atoms with Crippen LogP contribution in [0, 0.1) is 10.8 Å². The van der Waals surface area contributed by atoms with E-state index in [1.807, 2.05) is 0 Å². The minimum absolute atomic E-state index is 0.686. The van der Waals surface area contributed by atoms with E-state index in [1.165, 1.54) is 51.4 Å². The van der Waals surface area contributed by atoms with Gasteiger partial charge in [-0.2, -0.15) is 0 Å². The summed E-state index contributed by atoms with van der Waals surface area (Å²) in [6, 6.07) is 0. The van der Waals surface area contributed by atoms with Crippen LogP contribution in [0.15, 0.2) is 0 Å². The SMILES string of the molecule is CCC12CCC(CCN)(CC1)CC2. The predicted molar refractivity (Wildman–Crippen MR) is 56.5 cm³/mol. The van der Waals surface area contributed by atoms with E-state index in [0.717, 1.165) is 12.0 Å². The van der Waals surface area contributed by atoms with Crippen molar-refractivity contribution < 1.29 is 0 Å². The van der Waals surface area contributed by atoms with Crippen molar-refractivity contribution in [1.29, 1.82) is 0 Å². The van der Waals surface area contributed by atoms with Gasteiger partial charge >= 0.3 is 0 Å². The van der Waals surface area contributed by atoms with Gasteiger partial charge in [-0.25, -0.2) is 0 Å². The molecule has 0 unspecified atom stereocenters. The first-order valence-corrected chi connectivity index (χ1v) is 5.94. The van der Waals surface area contributed by atoms with E-state index in [-0.39, 0.29) is 0 Å².